The molecule has 15 heavy (non-hydrogen) atoms. The standard InChI is InChI=1S/C10H11F2NO2/c1-15-9(14)10(11,12)8(13)7-5-3-2-4-6-7/h2-6,8H,13H2,1H3/t8-/m0/s1. The molecule has 3 nitrogen and oxygen atoms in total. The van der Waals surface area contributed by atoms with Crippen molar-refractivity contribution in [2.24, 2.45) is 5.73 Å². The van der Waals surface area contributed by atoms with E-state index in [9.17, 15) is 13.6 Å². The van der Waals surface area contributed by atoms with Gasteiger partial charge in [0.2, 0.25) is 0 Å². The number of hydrogen-bond donors (Lipinski definition) is 1. The normalized spacial score (nSPS) is 13.3. The molecule has 2 N–H and O–H groups in total. The molecule has 1 aromatic carbocycles. The first-order valence-electron chi connectivity index (χ1n) is 4.27. The van der Waals surface area contributed by atoms with Crippen molar-refractivity contribution in [3.05, 3.63) is 35.9 Å². The summed E-state index contributed by atoms with van der Waals surface area (Å²) < 4.78 is 30.6. The van der Waals surface area contributed by atoms with E-state index in [-0.39, 0.29) is 5.56 Å². The zero-order valence-electron chi connectivity index (χ0n) is 8.11. The van der Waals surface area contributed by atoms with E-state index in [1.807, 2.05) is 0 Å². The molecule has 0 amide bonds. The highest BCUT2D eigenvalue weighted by atomic mass is 19.3. The third-order valence-electron chi connectivity index (χ3n) is 2.01. The number of carbonyl (C=O) groups is 1. The van der Waals surface area contributed by atoms with Crippen LogP contribution in [0, 0.1) is 0 Å². The van der Waals surface area contributed by atoms with Crippen molar-refractivity contribution in [3.8, 4) is 0 Å². The topological polar surface area (TPSA) is 52.3 Å². The van der Waals surface area contributed by atoms with Crippen LogP contribution in [0.3, 0.4) is 0 Å². The van der Waals surface area contributed by atoms with Gasteiger partial charge in [0.05, 0.1) is 7.11 Å². The van der Waals surface area contributed by atoms with Crippen LogP contribution < -0.4 is 5.73 Å². The Balaban J connectivity index is 2.94. The molecule has 1 aromatic rings. The smallest absolute Gasteiger partial charge is 0.378 e. The first-order valence-corrected chi connectivity index (χ1v) is 4.27. The molecule has 0 fully saturated rings. The van der Waals surface area contributed by atoms with Gasteiger partial charge < -0.3 is 10.5 Å². The minimum Gasteiger partial charge on any atom is -0.465 e. The lowest BCUT2D eigenvalue weighted by atomic mass is 10.0. The molecule has 82 valence electrons. The molecule has 0 aromatic heterocycles. The molecule has 0 radical (unpaired) electrons. The van der Waals surface area contributed by atoms with Crippen LogP contribution in [0.1, 0.15) is 11.6 Å². The number of rotatable bonds is 3. The van der Waals surface area contributed by atoms with Crippen LogP contribution in [0.25, 0.3) is 0 Å². The Bertz CT molecular complexity index is 341. The fourth-order valence-corrected chi connectivity index (χ4v) is 1.13. The lowest BCUT2D eigenvalue weighted by molar-refractivity contribution is -0.172. The van der Waals surface area contributed by atoms with E-state index >= 15 is 0 Å². The van der Waals surface area contributed by atoms with Gasteiger partial charge in [-0.05, 0) is 5.56 Å². The van der Waals surface area contributed by atoms with E-state index in [1.54, 1.807) is 18.2 Å². The zero-order chi connectivity index (χ0) is 11.5. The summed E-state index contributed by atoms with van der Waals surface area (Å²) in [5, 5.41) is 0. The maximum Gasteiger partial charge on any atom is 0.378 e. The minimum absolute atomic E-state index is 0.188. The Hall–Kier alpha value is -1.49. The maximum absolute atomic E-state index is 13.3. The lowest BCUT2D eigenvalue weighted by Gasteiger charge is -2.20. The average Bonchev–Trinajstić information content (AvgIpc) is 2.28. The number of alkyl halides is 2. The minimum atomic E-state index is -3.71. The van der Waals surface area contributed by atoms with Gasteiger partial charge in [-0.1, -0.05) is 30.3 Å². The van der Waals surface area contributed by atoms with Crippen molar-refractivity contribution in [1.29, 1.82) is 0 Å². The van der Waals surface area contributed by atoms with Crippen LogP contribution in [-0.4, -0.2) is 19.0 Å². The van der Waals surface area contributed by atoms with Crippen LogP contribution in [0.5, 0.6) is 0 Å². The van der Waals surface area contributed by atoms with Gasteiger partial charge in [0, 0.05) is 0 Å². The Kier molecular flexibility index (Phi) is 3.36. The summed E-state index contributed by atoms with van der Waals surface area (Å²) in [6, 6.07) is 5.99. The van der Waals surface area contributed by atoms with Gasteiger partial charge in [-0.2, -0.15) is 8.78 Å². The molecule has 0 aliphatic rings. The fourth-order valence-electron chi connectivity index (χ4n) is 1.13. The summed E-state index contributed by atoms with van der Waals surface area (Å²) >= 11 is 0. The van der Waals surface area contributed by atoms with Crippen molar-refractivity contribution < 1.29 is 18.3 Å². The van der Waals surface area contributed by atoms with E-state index in [0.29, 0.717) is 0 Å². The summed E-state index contributed by atoms with van der Waals surface area (Å²) in [6.45, 7) is 0. The van der Waals surface area contributed by atoms with Gasteiger partial charge >= 0.3 is 11.9 Å². The highest BCUT2D eigenvalue weighted by Crippen LogP contribution is 2.30. The molecule has 0 saturated heterocycles. The molecular weight excluding hydrogens is 204 g/mol. The molecule has 0 saturated carbocycles. The molecule has 1 rings (SSSR count). The van der Waals surface area contributed by atoms with E-state index < -0.39 is 17.9 Å². The largest absolute Gasteiger partial charge is 0.465 e. The first-order chi connectivity index (χ1) is 7.00. The number of nitrogens with two attached hydrogens (primary N) is 1. The zero-order valence-corrected chi connectivity index (χ0v) is 8.11. The Morgan fingerprint density at radius 3 is 2.40 bits per heavy atom. The maximum atomic E-state index is 13.3. The Morgan fingerprint density at radius 2 is 1.93 bits per heavy atom. The predicted octanol–water partition coefficient (Wildman–Crippen LogP) is 1.49. The number of ether oxygens (including phenoxy) is 1. The predicted molar refractivity (Wildman–Crippen MR) is 50.3 cm³/mol. The summed E-state index contributed by atoms with van der Waals surface area (Å²) in [5.74, 6) is -5.34. The monoisotopic (exact) mass is 215 g/mol. The molecule has 0 aliphatic carbocycles. The summed E-state index contributed by atoms with van der Waals surface area (Å²) in [6.07, 6.45) is 0. The Morgan fingerprint density at radius 1 is 1.40 bits per heavy atom. The molecule has 1 atom stereocenters. The van der Waals surface area contributed by atoms with Crippen LogP contribution >= 0.6 is 0 Å². The quantitative estimate of drug-likeness (QED) is 0.777. The van der Waals surface area contributed by atoms with Gasteiger partial charge in [0.15, 0.2) is 0 Å². The molecule has 5 heteroatoms. The molecule has 0 spiro atoms. The number of benzene rings is 1. The number of halogens is 2. The van der Waals surface area contributed by atoms with Crippen molar-refractivity contribution in [3.63, 3.8) is 0 Å². The second-order valence-corrected chi connectivity index (χ2v) is 3.00. The average molecular weight is 215 g/mol. The number of esters is 1. The van der Waals surface area contributed by atoms with E-state index in [0.717, 1.165) is 7.11 Å². The SMILES string of the molecule is COC(=O)C(F)(F)[C@@H](N)c1ccccc1. The molecule has 0 aliphatic heterocycles. The van der Waals surface area contributed by atoms with Crippen molar-refractivity contribution >= 4 is 5.97 Å². The van der Waals surface area contributed by atoms with Crippen LogP contribution in [0.15, 0.2) is 30.3 Å². The molecule has 0 unspecified atom stereocenters. The van der Waals surface area contributed by atoms with Crippen molar-refractivity contribution in [2.75, 3.05) is 7.11 Å². The van der Waals surface area contributed by atoms with E-state index in [4.69, 9.17) is 5.73 Å². The van der Waals surface area contributed by atoms with Gasteiger partial charge in [0.1, 0.15) is 6.04 Å². The van der Waals surface area contributed by atoms with Crippen LogP contribution in [0.4, 0.5) is 8.78 Å². The van der Waals surface area contributed by atoms with E-state index in [2.05, 4.69) is 4.74 Å². The van der Waals surface area contributed by atoms with E-state index in [1.165, 1.54) is 12.1 Å². The first kappa shape index (κ1) is 11.6. The highest BCUT2D eigenvalue weighted by Gasteiger charge is 2.47. The van der Waals surface area contributed by atoms with Gasteiger partial charge in [-0.3, -0.25) is 0 Å². The number of hydrogen-bond acceptors (Lipinski definition) is 3. The molecule has 0 bridgehead atoms. The van der Waals surface area contributed by atoms with Crippen LogP contribution in [-0.2, 0) is 9.53 Å². The van der Waals surface area contributed by atoms with Crippen molar-refractivity contribution in [2.45, 2.75) is 12.0 Å². The van der Waals surface area contributed by atoms with Gasteiger partial charge in [-0.15, -0.1) is 0 Å². The number of carbonyl (C=O) groups excluding carboxylic acids is 1. The third-order valence-corrected chi connectivity index (χ3v) is 2.01. The number of methoxy groups -OCH3 is 1. The van der Waals surface area contributed by atoms with Crippen molar-refractivity contribution in [1.82, 2.24) is 0 Å². The summed E-state index contributed by atoms with van der Waals surface area (Å²) in [4.78, 5) is 10.8. The second kappa shape index (κ2) is 4.35. The lowest BCUT2D eigenvalue weighted by Crippen LogP contribution is -2.41. The summed E-state index contributed by atoms with van der Waals surface area (Å²) in [5.41, 5.74) is 5.49. The Labute approximate surface area is 85.8 Å². The van der Waals surface area contributed by atoms with Crippen LogP contribution in [0.2, 0.25) is 0 Å². The molecular formula is C10H11F2NO2. The molecule has 0 heterocycles. The third kappa shape index (κ3) is 2.30. The highest BCUT2D eigenvalue weighted by molar-refractivity contribution is 5.78. The fraction of sp³-hybridized carbons (Fsp3) is 0.300. The summed E-state index contributed by atoms with van der Waals surface area (Å²) in [7, 11) is 0.897. The second-order valence-electron chi connectivity index (χ2n) is 3.00. The van der Waals surface area contributed by atoms with Gasteiger partial charge in [0.25, 0.3) is 0 Å². The van der Waals surface area contributed by atoms with Gasteiger partial charge in [-0.25, -0.2) is 4.79 Å².